The third-order valence-electron chi connectivity index (χ3n) is 5.30. The zero-order valence-electron chi connectivity index (χ0n) is 21.7. The molecular formula is C25H40N4O8. The molecule has 0 saturated carbocycles. The van der Waals surface area contributed by atoms with E-state index >= 15 is 0 Å². The fourth-order valence-corrected chi connectivity index (χ4v) is 3.35. The summed E-state index contributed by atoms with van der Waals surface area (Å²) in [7, 11) is 1.41. The van der Waals surface area contributed by atoms with Crippen molar-refractivity contribution in [3.05, 3.63) is 29.3 Å². The van der Waals surface area contributed by atoms with Gasteiger partial charge in [0.05, 0.1) is 52.9 Å². The van der Waals surface area contributed by atoms with Crippen LogP contribution in [0.1, 0.15) is 28.8 Å². The van der Waals surface area contributed by atoms with Gasteiger partial charge >= 0.3 is 0 Å². The molecule has 3 amide bonds. The molecule has 0 saturated heterocycles. The van der Waals surface area contributed by atoms with Gasteiger partial charge in [-0.05, 0) is 31.0 Å². The number of benzene rings is 1. The van der Waals surface area contributed by atoms with Crippen LogP contribution < -0.4 is 16.4 Å². The Morgan fingerprint density at radius 2 is 1.57 bits per heavy atom. The van der Waals surface area contributed by atoms with E-state index in [-0.39, 0.29) is 18.4 Å². The molecule has 12 heteroatoms. The summed E-state index contributed by atoms with van der Waals surface area (Å²) >= 11 is 0. The maximum atomic E-state index is 13.1. The highest BCUT2D eigenvalue weighted by molar-refractivity contribution is 6.04. The average molecular weight is 525 g/mol. The quantitative estimate of drug-likeness (QED) is 0.141. The van der Waals surface area contributed by atoms with Gasteiger partial charge in [-0.2, -0.15) is 0 Å². The Hall–Kier alpha value is -2.90. The lowest BCUT2D eigenvalue weighted by Gasteiger charge is -2.26. The molecule has 0 aliphatic carbocycles. The van der Waals surface area contributed by atoms with Crippen LogP contribution in [-0.4, -0.2) is 108 Å². The SMILES string of the molecule is CNC(=O)C(CCC=O)N(C=O)C(=O)c1cccc(NCCOCCOCCOCCOCCN)c1C. The van der Waals surface area contributed by atoms with Crippen molar-refractivity contribution < 1.29 is 38.1 Å². The smallest absolute Gasteiger partial charge is 0.261 e. The van der Waals surface area contributed by atoms with Gasteiger partial charge in [0.25, 0.3) is 5.91 Å². The number of hydrogen-bond acceptors (Lipinski definition) is 10. The topological polar surface area (TPSA) is 159 Å². The first-order valence-corrected chi connectivity index (χ1v) is 12.3. The largest absolute Gasteiger partial charge is 0.382 e. The van der Waals surface area contributed by atoms with Crippen LogP contribution in [0.2, 0.25) is 0 Å². The first kappa shape index (κ1) is 32.1. The molecule has 0 aromatic heterocycles. The Morgan fingerprint density at radius 3 is 2.11 bits per heavy atom. The normalized spacial score (nSPS) is 11.5. The molecule has 1 aromatic carbocycles. The highest BCUT2D eigenvalue weighted by Crippen LogP contribution is 2.21. The maximum absolute atomic E-state index is 13.1. The molecule has 0 heterocycles. The fourth-order valence-electron chi connectivity index (χ4n) is 3.35. The van der Waals surface area contributed by atoms with Crippen molar-refractivity contribution in [2.45, 2.75) is 25.8 Å². The molecule has 0 aliphatic rings. The number of nitrogens with two attached hydrogens (primary N) is 1. The molecule has 4 N–H and O–H groups in total. The lowest BCUT2D eigenvalue weighted by atomic mass is 10.0. The fraction of sp³-hybridized carbons (Fsp3) is 0.600. The molecule has 0 bridgehead atoms. The molecule has 1 rings (SSSR count). The molecule has 1 aromatic rings. The number of carbonyl (C=O) groups excluding carboxylic acids is 4. The molecule has 0 spiro atoms. The Kier molecular flexibility index (Phi) is 17.5. The van der Waals surface area contributed by atoms with Gasteiger partial charge in [-0.3, -0.25) is 19.3 Å². The van der Waals surface area contributed by atoms with Gasteiger partial charge in [0.1, 0.15) is 12.3 Å². The number of amides is 3. The van der Waals surface area contributed by atoms with Crippen LogP contribution >= 0.6 is 0 Å². The highest BCUT2D eigenvalue weighted by Gasteiger charge is 2.30. The monoisotopic (exact) mass is 524 g/mol. The minimum absolute atomic E-state index is 0.0418. The molecule has 1 unspecified atom stereocenters. The molecule has 37 heavy (non-hydrogen) atoms. The molecule has 208 valence electrons. The van der Waals surface area contributed by atoms with Crippen molar-refractivity contribution in [2.75, 3.05) is 78.3 Å². The van der Waals surface area contributed by atoms with Crippen molar-refractivity contribution in [1.82, 2.24) is 10.2 Å². The number of likely N-dealkylation sites (N-methyl/N-ethyl adjacent to an activating group) is 1. The van der Waals surface area contributed by atoms with Gasteiger partial charge in [-0.1, -0.05) is 6.07 Å². The summed E-state index contributed by atoms with van der Waals surface area (Å²) in [5.41, 5.74) is 6.93. The Labute approximate surface area is 218 Å². The van der Waals surface area contributed by atoms with Crippen molar-refractivity contribution >= 4 is 30.2 Å². The molecule has 12 nitrogen and oxygen atoms in total. The Balaban J connectivity index is 2.44. The Morgan fingerprint density at radius 1 is 0.973 bits per heavy atom. The number of nitrogens with one attached hydrogen (secondary N) is 2. The van der Waals surface area contributed by atoms with E-state index < -0.39 is 17.9 Å². The van der Waals surface area contributed by atoms with Crippen LogP contribution in [0.15, 0.2) is 18.2 Å². The first-order valence-electron chi connectivity index (χ1n) is 12.3. The van der Waals surface area contributed by atoms with Crippen LogP contribution in [0, 0.1) is 6.92 Å². The van der Waals surface area contributed by atoms with E-state index in [0.717, 1.165) is 4.90 Å². The number of rotatable bonds is 22. The van der Waals surface area contributed by atoms with Gasteiger partial charge in [-0.15, -0.1) is 0 Å². The number of aldehydes is 1. The first-order chi connectivity index (χ1) is 18.0. The zero-order chi connectivity index (χ0) is 27.3. The van der Waals surface area contributed by atoms with E-state index in [1.54, 1.807) is 19.1 Å². The van der Waals surface area contributed by atoms with Crippen molar-refractivity contribution in [2.24, 2.45) is 5.73 Å². The zero-order valence-corrected chi connectivity index (χ0v) is 21.7. The van der Waals surface area contributed by atoms with Gasteiger partial charge in [0, 0.05) is 37.8 Å². The molecule has 0 aliphatic heterocycles. The molecular weight excluding hydrogens is 484 g/mol. The van der Waals surface area contributed by atoms with Crippen molar-refractivity contribution in [3.63, 3.8) is 0 Å². The second kappa shape index (κ2) is 20.2. The maximum Gasteiger partial charge on any atom is 0.261 e. The predicted octanol–water partition coefficient (Wildman–Crippen LogP) is 0.124. The van der Waals surface area contributed by atoms with E-state index in [4.69, 9.17) is 24.7 Å². The highest BCUT2D eigenvalue weighted by atomic mass is 16.6. The number of carbonyl (C=O) groups is 4. The van der Waals surface area contributed by atoms with Gasteiger partial charge in [-0.25, -0.2) is 0 Å². The van der Waals surface area contributed by atoms with E-state index in [9.17, 15) is 19.2 Å². The second-order valence-electron chi connectivity index (χ2n) is 7.83. The number of hydrogen-bond donors (Lipinski definition) is 3. The van der Waals surface area contributed by atoms with E-state index in [1.807, 2.05) is 6.07 Å². The van der Waals surface area contributed by atoms with Crippen LogP contribution in [0.5, 0.6) is 0 Å². The minimum atomic E-state index is -1.08. The summed E-state index contributed by atoms with van der Waals surface area (Å²) in [6, 6.07) is 4.01. The third kappa shape index (κ3) is 12.3. The summed E-state index contributed by atoms with van der Waals surface area (Å²) < 4.78 is 21.6. The van der Waals surface area contributed by atoms with Crippen LogP contribution in [-0.2, 0) is 33.3 Å². The van der Waals surface area contributed by atoms with E-state index in [1.165, 1.54) is 7.05 Å². The number of ether oxygens (including phenoxy) is 4. The van der Waals surface area contributed by atoms with Gasteiger partial charge in [0.15, 0.2) is 0 Å². The van der Waals surface area contributed by atoms with Gasteiger partial charge in [0.2, 0.25) is 12.3 Å². The van der Waals surface area contributed by atoms with E-state index in [2.05, 4.69) is 10.6 Å². The lowest BCUT2D eigenvalue weighted by Crippen LogP contribution is -2.48. The van der Waals surface area contributed by atoms with Crippen LogP contribution in [0.4, 0.5) is 5.69 Å². The third-order valence-corrected chi connectivity index (χ3v) is 5.30. The van der Waals surface area contributed by atoms with E-state index in [0.29, 0.717) is 89.9 Å². The minimum Gasteiger partial charge on any atom is -0.382 e. The summed E-state index contributed by atoms with van der Waals surface area (Å²) in [5.74, 6) is -1.13. The van der Waals surface area contributed by atoms with Gasteiger partial charge < -0.3 is 40.1 Å². The summed E-state index contributed by atoms with van der Waals surface area (Å²) in [5, 5.41) is 5.65. The predicted molar refractivity (Wildman–Crippen MR) is 137 cm³/mol. The second-order valence-corrected chi connectivity index (χ2v) is 7.83. The van der Waals surface area contributed by atoms with Crippen LogP contribution in [0.25, 0.3) is 0 Å². The average Bonchev–Trinajstić information content (AvgIpc) is 2.91. The lowest BCUT2D eigenvalue weighted by molar-refractivity contribution is -0.131. The summed E-state index contributed by atoms with van der Waals surface area (Å²) in [4.78, 5) is 48.7. The molecule has 0 fully saturated rings. The summed E-state index contributed by atoms with van der Waals surface area (Å²) in [6.07, 6.45) is 1.06. The number of nitrogens with zero attached hydrogens (tertiary/aromatic N) is 1. The van der Waals surface area contributed by atoms with Crippen LogP contribution in [0.3, 0.4) is 0 Å². The van der Waals surface area contributed by atoms with Crippen molar-refractivity contribution in [1.29, 1.82) is 0 Å². The number of anilines is 1. The van der Waals surface area contributed by atoms with Crippen molar-refractivity contribution in [3.8, 4) is 0 Å². The standard InChI is InChI=1S/C25H40N4O8/c1-20-21(25(33)29(19-31)23(7-4-10-30)24(32)27-2)5-3-6-22(20)28-9-12-35-14-16-37-18-17-36-15-13-34-11-8-26/h3,5-6,10,19,23,28H,4,7-9,11-18,26H2,1-2H3,(H,27,32). The molecule has 0 radical (unpaired) electrons. The molecule has 1 atom stereocenters. The Bertz CT molecular complexity index is 824. The number of imide groups is 1. The summed E-state index contributed by atoms with van der Waals surface area (Å²) in [6.45, 7) is 6.49.